The maximum absolute atomic E-state index is 12.4. The normalized spacial score (nSPS) is 13.3. The van der Waals surface area contributed by atoms with E-state index < -0.39 is 0 Å². The molecule has 1 heterocycles. The third kappa shape index (κ3) is 3.64. The first-order valence-corrected chi connectivity index (χ1v) is 8.68. The van der Waals surface area contributed by atoms with Crippen LogP contribution in [0.4, 0.5) is 11.4 Å². The van der Waals surface area contributed by atoms with Gasteiger partial charge in [-0.2, -0.15) is 0 Å². The number of anilines is 2. The zero-order chi connectivity index (χ0) is 17.3. The molecule has 0 saturated heterocycles. The first-order valence-electron chi connectivity index (χ1n) is 7.23. The van der Waals surface area contributed by atoms with E-state index in [9.17, 15) is 9.59 Å². The highest BCUT2D eigenvalue weighted by atomic mass is 127. The molecule has 5 nitrogen and oxygen atoms in total. The highest BCUT2D eigenvalue weighted by Crippen LogP contribution is 2.34. The summed E-state index contributed by atoms with van der Waals surface area (Å²) in [6, 6.07) is 10.7. The van der Waals surface area contributed by atoms with Crippen molar-refractivity contribution in [3.8, 4) is 5.75 Å². The number of nitrogens with one attached hydrogen (secondary N) is 1. The number of hydrogen-bond acceptors (Lipinski definition) is 3. The Morgan fingerprint density at radius 2 is 2.12 bits per heavy atom. The number of carbonyl (C=O) groups is 2. The summed E-state index contributed by atoms with van der Waals surface area (Å²) in [5.74, 6) is -0.0167. The number of halogens is 2. The molecule has 0 atom stereocenters. The Bertz CT molecular complexity index is 825. The van der Waals surface area contributed by atoms with E-state index >= 15 is 0 Å². The first-order chi connectivity index (χ1) is 11.4. The molecule has 0 saturated carbocycles. The van der Waals surface area contributed by atoms with E-state index in [1.54, 1.807) is 18.2 Å². The van der Waals surface area contributed by atoms with Crippen LogP contribution in [0.3, 0.4) is 0 Å². The van der Waals surface area contributed by atoms with Gasteiger partial charge in [-0.05, 0) is 71.5 Å². The maximum atomic E-state index is 12.4. The molecule has 0 bridgehead atoms. The Kier molecular flexibility index (Phi) is 4.96. The van der Waals surface area contributed by atoms with Crippen molar-refractivity contribution in [1.29, 1.82) is 0 Å². The van der Waals surface area contributed by atoms with Crippen LogP contribution in [0.15, 0.2) is 36.4 Å². The number of rotatable bonds is 3. The molecule has 1 aliphatic heterocycles. The lowest BCUT2D eigenvalue weighted by Crippen LogP contribution is -2.43. The zero-order valence-electron chi connectivity index (χ0n) is 12.8. The van der Waals surface area contributed by atoms with E-state index in [4.69, 9.17) is 16.3 Å². The predicted octanol–water partition coefficient (Wildman–Crippen LogP) is 3.62. The van der Waals surface area contributed by atoms with Crippen LogP contribution in [0, 0.1) is 10.5 Å². The van der Waals surface area contributed by atoms with E-state index in [0.29, 0.717) is 16.5 Å². The van der Waals surface area contributed by atoms with Crippen molar-refractivity contribution >= 4 is 57.4 Å². The molecule has 1 aliphatic rings. The molecule has 0 unspecified atom stereocenters. The minimum absolute atomic E-state index is 0.0928. The van der Waals surface area contributed by atoms with Gasteiger partial charge in [-0.3, -0.25) is 14.5 Å². The molecule has 0 aromatic heterocycles. The molecule has 0 radical (unpaired) electrons. The van der Waals surface area contributed by atoms with Crippen molar-refractivity contribution in [2.45, 2.75) is 6.92 Å². The average molecular weight is 457 g/mol. The Balaban J connectivity index is 1.79. The molecule has 3 rings (SSSR count). The Labute approximate surface area is 158 Å². The molecule has 7 heteroatoms. The van der Waals surface area contributed by atoms with Gasteiger partial charge in [0.15, 0.2) is 6.61 Å². The smallest absolute Gasteiger partial charge is 0.265 e. The van der Waals surface area contributed by atoms with Gasteiger partial charge in [-0.25, -0.2) is 0 Å². The quantitative estimate of drug-likeness (QED) is 0.718. The fourth-order valence-electron chi connectivity index (χ4n) is 2.45. The second-order valence-corrected chi connectivity index (χ2v) is 7.07. The van der Waals surface area contributed by atoms with Gasteiger partial charge in [0.1, 0.15) is 12.3 Å². The van der Waals surface area contributed by atoms with Crippen LogP contribution >= 0.6 is 34.2 Å². The second-order valence-electron chi connectivity index (χ2n) is 5.39. The molecule has 2 aromatic rings. The zero-order valence-corrected chi connectivity index (χ0v) is 15.7. The Morgan fingerprint density at radius 1 is 1.33 bits per heavy atom. The second kappa shape index (κ2) is 6.98. The topological polar surface area (TPSA) is 58.6 Å². The van der Waals surface area contributed by atoms with Crippen molar-refractivity contribution < 1.29 is 14.3 Å². The fourth-order valence-corrected chi connectivity index (χ4v) is 3.26. The summed E-state index contributed by atoms with van der Waals surface area (Å²) in [7, 11) is 0. The van der Waals surface area contributed by atoms with Gasteiger partial charge in [0.25, 0.3) is 5.91 Å². The van der Waals surface area contributed by atoms with Gasteiger partial charge in [0.2, 0.25) is 5.91 Å². The van der Waals surface area contributed by atoms with E-state index in [1.165, 1.54) is 4.90 Å². The van der Waals surface area contributed by atoms with E-state index in [2.05, 4.69) is 27.9 Å². The number of ether oxygens (including phenoxy) is 1. The van der Waals surface area contributed by atoms with Gasteiger partial charge < -0.3 is 10.1 Å². The van der Waals surface area contributed by atoms with E-state index in [-0.39, 0.29) is 25.0 Å². The summed E-state index contributed by atoms with van der Waals surface area (Å²) in [6.07, 6.45) is 0. The standard InChI is InChI=1S/C17H14ClIN2O3/c1-10-6-12(19)3-4-13(10)20-16(22)8-21-14-7-11(18)2-5-15(14)24-9-17(21)23/h2-7H,8-9H2,1H3,(H,20,22). The van der Waals surface area contributed by atoms with Crippen molar-refractivity contribution in [3.63, 3.8) is 0 Å². The molecule has 2 amide bonds. The number of hydrogen-bond donors (Lipinski definition) is 1. The molecule has 0 fully saturated rings. The molecule has 24 heavy (non-hydrogen) atoms. The third-order valence-electron chi connectivity index (χ3n) is 3.63. The molecule has 0 aliphatic carbocycles. The summed E-state index contributed by atoms with van der Waals surface area (Å²) < 4.78 is 6.46. The maximum Gasteiger partial charge on any atom is 0.265 e. The third-order valence-corrected chi connectivity index (χ3v) is 4.53. The van der Waals surface area contributed by atoms with Crippen LogP contribution < -0.4 is 15.0 Å². The molecular weight excluding hydrogens is 443 g/mol. The van der Waals surface area contributed by atoms with Crippen LogP contribution in [0.25, 0.3) is 0 Å². The van der Waals surface area contributed by atoms with Gasteiger partial charge in [0, 0.05) is 14.3 Å². The number of nitrogens with zero attached hydrogens (tertiary/aromatic N) is 1. The molecule has 1 N–H and O–H groups in total. The lowest BCUT2D eigenvalue weighted by atomic mass is 10.2. The van der Waals surface area contributed by atoms with Gasteiger partial charge in [-0.15, -0.1) is 0 Å². The summed E-state index contributed by atoms with van der Waals surface area (Å²) in [5, 5.41) is 3.32. The lowest BCUT2D eigenvalue weighted by Gasteiger charge is -2.29. The van der Waals surface area contributed by atoms with Crippen LogP contribution in [-0.2, 0) is 9.59 Å². The summed E-state index contributed by atoms with van der Waals surface area (Å²) in [5.41, 5.74) is 2.20. The number of benzene rings is 2. The van der Waals surface area contributed by atoms with Crippen LogP contribution in [-0.4, -0.2) is 25.0 Å². The largest absolute Gasteiger partial charge is 0.482 e. The summed E-state index contributed by atoms with van der Waals surface area (Å²) in [4.78, 5) is 25.9. The minimum atomic E-state index is -0.278. The SMILES string of the molecule is Cc1cc(I)ccc1NC(=O)CN1C(=O)COc2ccc(Cl)cc21. The van der Waals surface area contributed by atoms with Crippen molar-refractivity contribution in [3.05, 3.63) is 50.6 Å². The van der Waals surface area contributed by atoms with Crippen LogP contribution in [0.1, 0.15) is 5.56 Å². The van der Waals surface area contributed by atoms with Crippen LogP contribution in [0.2, 0.25) is 5.02 Å². The van der Waals surface area contributed by atoms with Crippen molar-refractivity contribution in [2.75, 3.05) is 23.4 Å². The number of aryl methyl sites for hydroxylation is 1. The highest BCUT2D eigenvalue weighted by Gasteiger charge is 2.27. The predicted molar refractivity (Wildman–Crippen MR) is 102 cm³/mol. The first kappa shape index (κ1) is 17.0. The highest BCUT2D eigenvalue weighted by molar-refractivity contribution is 14.1. The molecular formula is C17H14ClIN2O3. The van der Waals surface area contributed by atoms with Gasteiger partial charge >= 0.3 is 0 Å². The van der Waals surface area contributed by atoms with E-state index in [1.807, 2.05) is 25.1 Å². The molecule has 124 valence electrons. The van der Waals surface area contributed by atoms with Crippen molar-refractivity contribution in [2.24, 2.45) is 0 Å². The number of fused-ring (bicyclic) bond motifs is 1. The van der Waals surface area contributed by atoms with Crippen molar-refractivity contribution in [1.82, 2.24) is 0 Å². The molecule has 2 aromatic carbocycles. The van der Waals surface area contributed by atoms with Crippen LogP contribution in [0.5, 0.6) is 5.75 Å². The monoisotopic (exact) mass is 456 g/mol. The minimum Gasteiger partial charge on any atom is -0.482 e. The summed E-state index contributed by atoms with van der Waals surface area (Å²) in [6.45, 7) is 1.73. The Hall–Kier alpha value is -1.80. The van der Waals surface area contributed by atoms with E-state index in [0.717, 1.165) is 14.8 Å². The number of carbonyl (C=O) groups excluding carboxylic acids is 2. The molecule has 0 spiro atoms. The number of amides is 2. The lowest BCUT2D eigenvalue weighted by molar-refractivity contribution is -0.123. The average Bonchev–Trinajstić information content (AvgIpc) is 2.53. The fraction of sp³-hybridized carbons (Fsp3) is 0.176. The summed E-state index contributed by atoms with van der Waals surface area (Å²) >= 11 is 8.21. The van der Waals surface area contributed by atoms with Gasteiger partial charge in [0.05, 0.1) is 5.69 Å². The Morgan fingerprint density at radius 3 is 2.88 bits per heavy atom. The van der Waals surface area contributed by atoms with Gasteiger partial charge in [-0.1, -0.05) is 11.6 Å².